The summed E-state index contributed by atoms with van der Waals surface area (Å²) in [5.41, 5.74) is 12.0. The van der Waals surface area contributed by atoms with Crippen molar-refractivity contribution >= 4 is 39.7 Å². The van der Waals surface area contributed by atoms with Crippen LogP contribution in [-0.2, 0) is 48.3 Å². The van der Waals surface area contributed by atoms with Crippen molar-refractivity contribution in [1.82, 2.24) is 26.6 Å². The summed E-state index contributed by atoms with van der Waals surface area (Å²) in [7, 11) is -3.82. The van der Waals surface area contributed by atoms with Crippen LogP contribution < -0.4 is 38.1 Å². The molecule has 0 unspecified atom stereocenters. The third kappa shape index (κ3) is 42.3. The Morgan fingerprint density at radius 3 is 1.39 bits per heavy atom. The molecular weight excluding hydrogens is 827 g/mol. The van der Waals surface area contributed by atoms with Gasteiger partial charge in [0, 0.05) is 45.6 Å². The van der Waals surface area contributed by atoms with Crippen LogP contribution in [-0.4, -0.2) is 144 Å². The number of aliphatic hydroxyl groups is 1. The van der Waals surface area contributed by atoms with Crippen LogP contribution >= 0.6 is 0 Å². The highest BCUT2D eigenvalue weighted by Crippen LogP contribution is 2.13. The minimum Gasteiger partial charge on any atom is -0.394 e. The van der Waals surface area contributed by atoms with Gasteiger partial charge in [0.25, 0.3) is 10.1 Å². The van der Waals surface area contributed by atoms with Gasteiger partial charge in [-0.1, -0.05) is 70.6 Å². The number of aliphatic hydroxyl groups excluding tert-OH is 1. The zero-order valence-electron chi connectivity index (χ0n) is 37.4. The predicted octanol–water partition coefficient (Wildman–Crippen LogP) is 1.73. The zero-order valence-corrected chi connectivity index (χ0v) is 38.3. The van der Waals surface area contributed by atoms with Crippen LogP contribution in [0.3, 0.4) is 0 Å². The SMILES string of the molecule is N[C@@H](CCCCNC(=O)CCCNC(=O)CCCCCCCCCCCCCCCS(=O)(=O)O)C(=O)NCCCC[C@H](N)C(=O)NCCOCCOCC(=O)NCCOCCO. The van der Waals surface area contributed by atoms with Gasteiger partial charge >= 0.3 is 0 Å². The highest BCUT2D eigenvalue weighted by atomic mass is 32.2. The number of carbonyl (C=O) groups is 5. The second kappa shape index (κ2) is 42.0. The molecule has 0 aromatic carbocycles. The molecule has 0 rings (SSSR count). The van der Waals surface area contributed by atoms with E-state index >= 15 is 0 Å². The van der Waals surface area contributed by atoms with Crippen molar-refractivity contribution in [1.29, 1.82) is 0 Å². The molecule has 2 atom stereocenters. The first-order valence-corrected chi connectivity index (χ1v) is 24.6. The molecule has 0 aliphatic heterocycles. The molecule has 0 saturated heterocycles. The smallest absolute Gasteiger partial charge is 0.264 e. The van der Waals surface area contributed by atoms with E-state index in [2.05, 4.69) is 26.6 Å². The van der Waals surface area contributed by atoms with E-state index in [0.717, 1.165) is 44.9 Å². The first kappa shape index (κ1) is 59.0. The highest BCUT2D eigenvalue weighted by molar-refractivity contribution is 7.85. The second-order valence-corrected chi connectivity index (χ2v) is 17.1. The lowest BCUT2D eigenvalue weighted by Crippen LogP contribution is -2.42. The van der Waals surface area contributed by atoms with Crippen molar-refractivity contribution in [3.05, 3.63) is 0 Å². The summed E-state index contributed by atoms with van der Waals surface area (Å²) in [6.07, 6.45) is 18.7. The number of hydrogen-bond acceptors (Lipinski definition) is 13. The van der Waals surface area contributed by atoms with Crippen LogP contribution in [0, 0.1) is 0 Å². The molecule has 19 nitrogen and oxygen atoms in total. The number of hydrogen-bond donors (Lipinski definition) is 9. The van der Waals surface area contributed by atoms with Gasteiger partial charge in [-0.05, 0) is 57.8 Å². The minimum atomic E-state index is -3.82. The number of nitrogens with one attached hydrogen (secondary N) is 5. The van der Waals surface area contributed by atoms with Crippen LogP contribution in [0.5, 0.6) is 0 Å². The lowest BCUT2D eigenvalue weighted by molar-refractivity contribution is -0.127. The third-order valence-electron chi connectivity index (χ3n) is 9.84. The summed E-state index contributed by atoms with van der Waals surface area (Å²) in [5.74, 6) is -0.995. The molecule has 0 radical (unpaired) electrons. The standard InChI is InChI=1S/C42H83N7O12S/c43-36(41(54)48-24-16-14-20-37(44)42(55)49-27-30-60-32-33-61-35-40(53)47-26-29-59-31-28-50)19-13-15-23-45-39(52)22-18-25-46-38(51)21-12-10-8-6-4-2-1-3-5-7-9-11-17-34-62(56,57)58/h36-37,50H,1-35,43-44H2,(H,45,52)(H,46,51)(H,47,53)(H,48,54)(H,49,55)(H,56,57,58)/t36-,37-/m0/s1. The lowest BCUT2D eigenvalue weighted by Gasteiger charge is -2.14. The average Bonchev–Trinajstić information content (AvgIpc) is 3.23. The number of unbranched alkanes of at least 4 members (excludes halogenated alkanes) is 14. The van der Waals surface area contributed by atoms with Gasteiger partial charge in [0.05, 0.1) is 57.5 Å². The van der Waals surface area contributed by atoms with E-state index in [1.54, 1.807) is 0 Å². The normalized spacial score (nSPS) is 12.4. The van der Waals surface area contributed by atoms with E-state index in [9.17, 15) is 32.4 Å². The maximum Gasteiger partial charge on any atom is 0.264 e. The summed E-state index contributed by atoms with van der Waals surface area (Å²) in [5, 5.41) is 22.5. The second-order valence-electron chi connectivity index (χ2n) is 15.6. The number of nitrogens with two attached hydrogens (primary N) is 2. The molecule has 5 amide bonds. The van der Waals surface area contributed by atoms with Gasteiger partial charge in [-0.25, -0.2) is 0 Å². The van der Waals surface area contributed by atoms with Gasteiger partial charge < -0.3 is 57.4 Å². The monoisotopic (exact) mass is 910 g/mol. The van der Waals surface area contributed by atoms with Crippen molar-refractivity contribution < 1.29 is 56.3 Å². The molecule has 0 aliphatic rings. The van der Waals surface area contributed by atoms with Gasteiger partial charge in [-0.3, -0.25) is 28.5 Å². The minimum absolute atomic E-state index is 0.0212. The molecule has 0 saturated carbocycles. The number of carbonyl (C=O) groups excluding carboxylic acids is 5. The molecule has 0 bridgehead atoms. The van der Waals surface area contributed by atoms with Gasteiger partial charge in [0.1, 0.15) is 6.61 Å². The fourth-order valence-corrected chi connectivity index (χ4v) is 6.79. The molecule has 0 aliphatic carbocycles. The van der Waals surface area contributed by atoms with Crippen LogP contribution in [0.2, 0.25) is 0 Å². The Kier molecular flexibility index (Phi) is 40.0. The average molecular weight is 910 g/mol. The van der Waals surface area contributed by atoms with E-state index in [-0.39, 0.29) is 81.5 Å². The number of amides is 5. The Bertz CT molecular complexity index is 1270. The van der Waals surface area contributed by atoms with Crippen molar-refractivity contribution in [2.45, 2.75) is 153 Å². The van der Waals surface area contributed by atoms with Gasteiger partial charge in [-0.15, -0.1) is 0 Å². The van der Waals surface area contributed by atoms with E-state index < -0.39 is 22.2 Å². The summed E-state index contributed by atoms with van der Waals surface area (Å²) >= 11 is 0. The quantitative estimate of drug-likeness (QED) is 0.0311. The van der Waals surface area contributed by atoms with Crippen molar-refractivity contribution in [3.63, 3.8) is 0 Å². The first-order chi connectivity index (χ1) is 29.9. The van der Waals surface area contributed by atoms with Crippen LogP contribution in [0.25, 0.3) is 0 Å². The molecule has 20 heteroatoms. The van der Waals surface area contributed by atoms with Crippen molar-refractivity contribution in [2.24, 2.45) is 11.5 Å². The lowest BCUT2D eigenvalue weighted by atomic mass is 10.0. The Morgan fingerprint density at radius 2 is 0.855 bits per heavy atom. The molecule has 0 aromatic heterocycles. The summed E-state index contributed by atoms with van der Waals surface area (Å²) < 4.78 is 45.8. The molecule has 0 spiro atoms. The Balaban J connectivity index is 3.59. The number of rotatable bonds is 45. The van der Waals surface area contributed by atoms with E-state index in [1.165, 1.54) is 32.1 Å². The summed E-state index contributed by atoms with van der Waals surface area (Å²) in [6, 6.07) is -1.33. The van der Waals surface area contributed by atoms with E-state index in [1.807, 2.05) is 0 Å². The number of ether oxygens (including phenoxy) is 3. The Morgan fingerprint density at radius 1 is 0.452 bits per heavy atom. The molecule has 0 fully saturated rings. The zero-order chi connectivity index (χ0) is 45.9. The maximum atomic E-state index is 12.3. The van der Waals surface area contributed by atoms with Gasteiger partial charge in [-0.2, -0.15) is 8.42 Å². The Labute approximate surface area is 371 Å². The van der Waals surface area contributed by atoms with Crippen LogP contribution in [0.15, 0.2) is 0 Å². The van der Waals surface area contributed by atoms with Crippen molar-refractivity contribution in [3.8, 4) is 0 Å². The Hall–Kier alpha value is -2.98. The van der Waals surface area contributed by atoms with E-state index in [4.69, 9.17) is 35.3 Å². The summed E-state index contributed by atoms with van der Waals surface area (Å²) in [4.78, 5) is 60.4. The molecular formula is C42H83N7O12S. The van der Waals surface area contributed by atoms with Gasteiger partial charge in [0.15, 0.2) is 0 Å². The fourth-order valence-electron chi connectivity index (χ4n) is 6.22. The van der Waals surface area contributed by atoms with Gasteiger partial charge in [0.2, 0.25) is 29.5 Å². The van der Waals surface area contributed by atoms with Crippen LogP contribution in [0.1, 0.15) is 141 Å². The van der Waals surface area contributed by atoms with Crippen molar-refractivity contribution in [2.75, 3.05) is 84.7 Å². The topological polar surface area (TPSA) is 300 Å². The van der Waals surface area contributed by atoms with E-state index in [0.29, 0.717) is 97.0 Å². The van der Waals surface area contributed by atoms with Crippen LogP contribution in [0.4, 0.5) is 0 Å². The summed E-state index contributed by atoms with van der Waals surface area (Å²) in [6.45, 7) is 3.11. The third-order valence-corrected chi connectivity index (χ3v) is 10.6. The fraction of sp³-hybridized carbons (Fsp3) is 0.881. The molecule has 11 N–H and O–H groups in total. The molecule has 62 heavy (non-hydrogen) atoms. The maximum absolute atomic E-state index is 12.3. The largest absolute Gasteiger partial charge is 0.394 e. The highest BCUT2D eigenvalue weighted by Gasteiger charge is 2.15. The molecule has 364 valence electrons. The first-order valence-electron chi connectivity index (χ1n) is 23.0. The molecule has 0 heterocycles. The predicted molar refractivity (Wildman–Crippen MR) is 239 cm³/mol. The molecule has 0 aromatic rings.